The fourth-order valence-corrected chi connectivity index (χ4v) is 0.171. The third kappa shape index (κ3) is 11.2. The molecule has 0 radical (unpaired) electrons. The van der Waals surface area contributed by atoms with Crippen LogP contribution < -0.4 is 11.1 Å². The fourth-order valence-electron chi connectivity index (χ4n) is 0.171. The van der Waals surface area contributed by atoms with Crippen molar-refractivity contribution < 1.29 is 31.6 Å². The Morgan fingerprint density at radius 1 is 1.78 bits per heavy atom. The van der Waals surface area contributed by atoms with Crippen LogP contribution in [-0.2, 0) is 26.5 Å². The van der Waals surface area contributed by atoms with Gasteiger partial charge in [0.1, 0.15) is 6.54 Å². The third-order valence-electron chi connectivity index (χ3n) is 0.430. The molecular weight excluding hydrogens is 158 g/mol. The van der Waals surface area contributed by atoms with E-state index >= 15 is 0 Å². The second-order valence-corrected chi connectivity index (χ2v) is 1.16. The zero-order valence-corrected chi connectivity index (χ0v) is 6.20. The molecule has 0 aliphatic heterocycles. The third-order valence-corrected chi connectivity index (χ3v) is 0.430. The van der Waals surface area contributed by atoms with Gasteiger partial charge in [0.2, 0.25) is 0 Å². The number of rotatable bonds is 2. The van der Waals surface area contributed by atoms with Gasteiger partial charge in [0, 0.05) is 21.7 Å². The van der Waals surface area contributed by atoms with Crippen LogP contribution in [0.3, 0.4) is 0 Å². The molecule has 0 saturated carbocycles. The number of hydrogen-bond donors (Lipinski definition) is 4. The molecule has 5 N–H and O–H groups in total. The molecule has 0 fully saturated rings. The quantitative estimate of drug-likeness (QED) is 0.228. The predicted octanol–water partition coefficient (Wildman–Crippen LogP) is -1.45. The summed E-state index contributed by atoms with van der Waals surface area (Å²) in [5.41, 5.74) is 4.75. The van der Waals surface area contributed by atoms with Crippen LogP contribution in [0.2, 0.25) is 0 Å². The van der Waals surface area contributed by atoms with E-state index in [1.165, 1.54) is 0 Å². The Hall–Kier alpha value is -0.546. The molecule has 0 bridgehead atoms. The van der Waals surface area contributed by atoms with Crippen molar-refractivity contribution in [3.05, 3.63) is 0 Å². The standard InChI is InChI=1S/C3H7N3O2.Ti/c4-3(5)6-1-2(7)8;/h1H2,(H,7,8)(H4,4,5,6);. The maximum atomic E-state index is 9.69. The zero-order chi connectivity index (χ0) is 6.57. The van der Waals surface area contributed by atoms with Crippen LogP contribution in [0.5, 0.6) is 0 Å². The summed E-state index contributed by atoms with van der Waals surface area (Å²) in [6.07, 6.45) is 0. The van der Waals surface area contributed by atoms with Gasteiger partial charge >= 0.3 is 5.97 Å². The Kier molecular flexibility index (Phi) is 7.00. The average Bonchev–Trinajstić information content (AvgIpc) is 1.61. The van der Waals surface area contributed by atoms with Gasteiger partial charge in [-0.3, -0.25) is 10.2 Å². The molecule has 9 heavy (non-hydrogen) atoms. The Labute approximate surface area is 67.0 Å². The molecule has 0 rings (SSSR count). The van der Waals surface area contributed by atoms with Crippen LogP contribution in [0.25, 0.3) is 0 Å². The number of hydrogen-bond acceptors (Lipinski definition) is 2. The summed E-state index contributed by atoms with van der Waals surface area (Å²) >= 11 is 0. The first-order valence-corrected chi connectivity index (χ1v) is 1.92. The molecule has 50 valence electrons. The summed E-state index contributed by atoms with van der Waals surface area (Å²) in [6.45, 7) is -0.296. The largest absolute Gasteiger partial charge is 0.480 e. The van der Waals surface area contributed by atoms with Crippen molar-refractivity contribution in [3.63, 3.8) is 0 Å². The van der Waals surface area contributed by atoms with E-state index in [9.17, 15) is 4.79 Å². The van der Waals surface area contributed by atoms with Crippen LogP contribution in [0.4, 0.5) is 0 Å². The van der Waals surface area contributed by atoms with Crippen LogP contribution in [0.15, 0.2) is 0 Å². The number of carbonyl (C=O) groups is 1. The molecule has 0 aromatic rings. The van der Waals surface area contributed by atoms with Crippen molar-refractivity contribution in [2.45, 2.75) is 0 Å². The summed E-state index contributed by atoms with van der Waals surface area (Å²) in [5, 5.41) is 16.5. The molecule has 0 aliphatic carbocycles. The van der Waals surface area contributed by atoms with E-state index in [-0.39, 0.29) is 34.2 Å². The fraction of sp³-hybridized carbons (Fsp3) is 0.333. The van der Waals surface area contributed by atoms with Crippen molar-refractivity contribution in [1.29, 1.82) is 5.41 Å². The summed E-state index contributed by atoms with van der Waals surface area (Å²) in [4.78, 5) is 9.69. The first-order valence-electron chi connectivity index (χ1n) is 1.92. The van der Waals surface area contributed by atoms with Gasteiger partial charge in [-0.05, 0) is 0 Å². The van der Waals surface area contributed by atoms with Gasteiger partial charge in [-0.15, -0.1) is 0 Å². The van der Waals surface area contributed by atoms with E-state index in [0.717, 1.165) is 0 Å². The number of nitrogens with two attached hydrogens (primary N) is 1. The molecule has 0 aromatic carbocycles. The normalized spacial score (nSPS) is 7.11. The Bertz CT molecular complexity index is 102. The van der Waals surface area contributed by atoms with E-state index in [1.807, 2.05) is 0 Å². The van der Waals surface area contributed by atoms with E-state index < -0.39 is 5.97 Å². The number of aliphatic carboxylic acids is 1. The molecule has 5 nitrogen and oxygen atoms in total. The van der Waals surface area contributed by atoms with Gasteiger partial charge < -0.3 is 16.2 Å². The number of nitrogens with one attached hydrogen (secondary N) is 2. The van der Waals surface area contributed by atoms with Gasteiger partial charge in [0.05, 0.1) is 0 Å². The predicted molar refractivity (Wildman–Crippen MR) is 27.6 cm³/mol. The van der Waals surface area contributed by atoms with Gasteiger partial charge in [0.15, 0.2) is 5.96 Å². The molecule has 0 aliphatic rings. The van der Waals surface area contributed by atoms with Crippen molar-refractivity contribution in [1.82, 2.24) is 5.32 Å². The van der Waals surface area contributed by atoms with Gasteiger partial charge in [-0.25, -0.2) is 0 Å². The minimum Gasteiger partial charge on any atom is -0.480 e. The topological polar surface area (TPSA) is 99.2 Å². The summed E-state index contributed by atoms with van der Waals surface area (Å²) in [7, 11) is 0. The van der Waals surface area contributed by atoms with Crippen molar-refractivity contribution in [2.24, 2.45) is 5.73 Å². The first kappa shape index (κ1) is 11.3. The second-order valence-electron chi connectivity index (χ2n) is 1.16. The van der Waals surface area contributed by atoms with Crippen LogP contribution in [-0.4, -0.2) is 23.6 Å². The zero-order valence-electron chi connectivity index (χ0n) is 4.64. The molecule has 6 heteroatoms. The van der Waals surface area contributed by atoms with Gasteiger partial charge in [-0.2, -0.15) is 0 Å². The maximum absolute atomic E-state index is 9.69. The Balaban J connectivity index is 0. The Morgan fingerprint density at radius 3 is 2.33 bits per heavy atom. The van der Waals surface area contributed by atoms with Crippen LogP contribution >= 0.6 is 0 Å². The first-order chi connectivity index (χ1) is 3.63. The molecule has 0 heterocycles. The maximum Gasteiger partial charge on any atom is 0.322 e. The minimum atomic E-state index is -1.03. The SMILES string of the molecule is N=C(N)NCC(=O)O.[Ti]. The van der Waals surface area contributed by atoms with Crippen molar-refractivity contribution in [2.75, 3.05) is 6.54 Å². The minimum absolute atomic E-state index is 0. The van der Waals surface area contributed by atoms with E-state index in [1.54, 1.807) is 0 Å². The molecule has 0 spiro atoms. The molecule has 0 saturated heterocycles. The second kappa shape index (κ2) is 5.59. The molecule has 0 unspecified atom stereocenters. The van der Waals surface area contributed by atoms with Crippen LogP contribution in [0, 0.1) is 5.41 Å². The van der Waals surface area contributed by atoms with E-state index in [2.05, 4.69) is 5.32 Å². The van der Waals surface area contributed by atoms with Crippen molar-refractivity contribution >= 4 is 11.9 Å². The van der Waals surface area contributed by atoms with Crippen LogP contribution in [0.1, 0.15) is 0 Å². The monoisotopic (exact) mass is 165 g/mol. The number of carboxylic acids is 1. The molecule has 0 amide bonds. The number of guanidine groups is 1. The molecular formula is C3H7N3O2Ti. The van der Waals surface area contributed by atoms with Crippen molar-refractivity contribution in [3.8, 4) is 0 Å². The average molecular weight is 165 g/mol. The Morgan fingerprint density at radius 2 is 2.22 bits per heavy atom. The molecule has 0 aromatic heterocycles. The summed E-state index contributed by atoms with van der Waals surface area (Å²) in [5.74, 6) is -1.35. The number of carboxylic acid groups (broad SMARTS) is 1. The van der Waals surface area contributed by atoms with Gasteiger partial charge in [0.25, 0.3) is 0 Å². The van der Waals surface area contributed by atoms with E-state index in [4.69, 9.17) is 16.2 Å². The smallest absolute Gasteiger partial charge is 0.322 e. The van der Waals surface area contributed by atoms with Gasteiger partial charge in [-0.1, -0.05) is 0 Å². The molecule has 0 atom stereocenters. The summed E-state index contributed by atoms with van der Waals surface area (Å²) < 4.78 is 0. The summed E-state index contributed by atoms with van der Waals surface area (Å²) in [6, 6.07) is 0. The van der Waals surface area contributed by atoms with E-state index in [0.29, 0.717) is 0 Å².